The number of carbonyl (C=O) groups is 1. The van der Waals surface area contributed by atoms with Crippen molar-refractivity contribution in [3.05, 3.63) is 71.3 Å². The summed E-state index contributed by atoms with van der Waals surface area (Å²) in [7, 11) is 0. The van der Waals surface area contributed by atoms with Crippen LogP contribution >= 0.6 is 0 Å². The molecule has 1 amide bonds. The second-order valence-electron chi connectivity index (χ2n) is 5.34. The van der Waals surface area contributed by atoms with Crippen LogP contribution in [0, 0.1) is 5.82 Å². The number of aliphatic hydroxyl groups is 1. The van der Waals surface area contributed by atoms with Crippen LogP contribution in [-0.4, -0.2) is 16.0 Å². The molecule has 22 heavy (non-hydrogen) atoms. The number of rotatable bonds is 3. The molecule has 0 spiro atoms. The van der Waals surface area contributed by atoms with Crippen LogP contribution in [0.25, 0.3) is 5.57 Å². The molecule has 0 saturated heterocycles. The largest absolute Gasteiger partial charge is 0.380 e. The Morgan fingerprint density at radius 2 is 2.00 bits per heavy atom. The predicted octanol–water partition coefficient (Wildman–Crippen LogP) is 2.14. The molecule has 1 aromatic heterocycles. The van der Waals surface area contributed by atoms with Crippen LogP contribution in [0.3, 0.4) is 0 Å². The number of nitrogens with zero attached hydrogens (tertiary/aromatic N) is 1. The van der Waals surface area contributed by atoms with Crippen molar-refractivity contribution < 1.29 is 14.3 Å². The molecule has 112 valence electrons. The topological polar surface area (TPSA) is 76.2 Å². The molecule has 1 aliphatic carbocycles. The third-order valence-corrected chi connectivity index (χ3v) is 4.00. The normalized spacial score (nSPS) is 21.2. The Hall–Kier alpha value is -2.53. The van der Waals surface area contributed by atoms with Crippen LogP contribution in [0.15, 0.2) is 54.4 Å². The quantitative estimate of drug-likeness (QED) is 0.911. The van der Waals surface area contributed by atoms with E-state index in [4.69, 9.17) is 5.73 Å². The van der Waals surface area contributed by atoms with E-state index in [1.807, 2.05) is 6.07 Å². The summed E-state index contributed by atoms with van der Waals surface area (Å²) >= 11 is 0. The zero-order chi connectivity index (χ0) is 15.7. The molecule has 1 atom stereocenters. The van der Waals surface area contributed by atoms with E-state index in [0.29, 0.717) is 29.5 Å². The smallest absolute Gasteiger partial charge is 0.248 e. The monoisotopic (exact) mass is 298 g/mol. The fraction of sp³-hybridized carbons (Fsp3) is 0.176. The molecular weight excluding hydrogens is 283 g/mol. The molecule has 1 heterocycles. The third kappa shape index (κ3) is 2.29. The van der Waals surface area contributed by atoms with Crippen molar-refractivity contribution in [3.8, 4) is 0 Å². The van der Waals surface area contributed by atoms with Crippen molar-refractivity contribution in [1.29, 1.82) is 0 Å². The lowest BCUT2D eigenvalue weighted by atomic mass is 9.86. The number of primary amides is 1. The molecule has 4 nitrogen and oxygen atoms in total. The Kier molecular flexibility index (Phi) is 3.50. The Bertz CT molecular complexity index is 758. The van der Waals surface area contributed by atoms with Crippen LogP contribution in [0.1, 0.15) is 24.0 Å². The summed E-state index contributed by atoms with van der Waals surface area (Å²) in [6.07, 6.45) is 3.31. The van der Waals surface area contributed by atoms with Crippen LogP contribution in [0.5, 0.6) is 0 Å². The molecule has 0 saturated carbocycles. The van der Waals surface area contributed by atoms with Gasteiger partial charge in [-0.25, -0.2) is 4.39 Å². The zero-order valence-electron chi connectivity index (χ0n) is 11.8. The predicted molar refractivity (Wildman–Crippen MR) is 79.9 cm³/mol. The van der Waals surface area contributed by atoms with Crippen molar-refractivity contribution >= 4 is 11.5 Å². The first kappa shape index (κ1) is 14.4. The summed E-state index contributed by atoms with van der Waals surface area (Å²) in [5.74, 6) is -1.20. The molecule has 2 aromatic rings. The van der Waals surface area contributed by atoms with Crippen molar-refractivity contribution in [2.45, 2.75) is 18.4 Å². The van der Waals surface area contributed by atoms with E-state index in [2.05, 4.69) is 4.98 Å². The molecule has 0 radical (unpaired) electrons. The lowest BCUT2D eigenvalue weighted by Crippen LogP contribution is -2.32. The third-order valence-electron chi connectivity index (χ3n) is 4.00. The fourth-order valence-corrected chi connectivity index (χ4v) is 3.03. The van der Waals surface area contributed by atoms with Gasteiger partial charge in [-0.2, -0.15) is 0 Å². The van der Waals surface area contributed by atoms with Crippen molar-refractivity contribution in [2.24, 2.45) is 5.73 Å². The highest BCUT2D eigenvalue weighted by molar-refractivity contribution is 6.03. The van der Waals surface area contributed by atoms with Crippen molar-refractivity contribution in [2.75, 3.05) is 0 Å². The van der Waals surface area contributed by atoms with E-state index in [0.717, 1.165) is 6.20 Å². The summed E-state index contributed by atoms with van der Waals surface area (Å²) in [5.41, 5.74) is 5.79. The Morgan fingerprint density at radius 1 is 1.27 bits per heavy atom. The zero-order valence-corrected chi connectivity index (χ0v) is 11.8. The summed E-state index contributed by atoms with van der Waals surface area (Å²) < 4.78 is 13.4. The number of benzene rings is 1. The van der Waals surface area contributed by atoms with E-state index in [-0.39, 0.29) is 5.57 Å². The van der Waals surface area contributed by atoms with Crippen LogP contribution in [-0.2, 0) is 10.4 Å². The maximum absolute atomic E-state index is 13.4. The van der Waals surface area contributed by atoms with Crippen LogP contribution in [0.2, 0.25) is 0 Å². The van der Waals surface area contributed by atoms with Crippen LogP contribution < -0.4 is 5.73 Å². The lowest BCUT2D eigenvalue weighted by molar-refractivity contribution is -0.116. The van der Waals surface area contributed by atoms with E-state index >= 15 is 0 Å². The van der Waals surface area contributed by atoms with Gasteiger partial charge in [0.05, 0.1) is 11.8 Å². The number of hydrogen-bond donors (Lipinski definition) is 2. The first-order chi connectivity index (χ1) is 10.5. The molecule has 1 aliphatic rings. The maximum Gasteiger partial charge on any atom is 0.248 e. The maximum atomic E-state index is 13.4. The lowest BCUT2D eigenvalue weighted by Gasteiger charge is -2.25. The van der Waals surface area contributed by atoms with E-state index in [1.54, 1.807) is 24.3 Å². The highest BCUT2D eigenvalue weighted by Gasteiger charge is 2.43. The van der Waals surface area contributed by atoms with Crippen molar-refractivity contribution in [3.63, 3.8) is 0 Å². The number of carbonyl (C=O) groups excluding carboxylic acids is 1. The minimum absolute atomic E-state index is 0.117. The molecule has 0 fully saturated rings. The second kappa shape index (κ2) is 5.35. The minimum atomic E-state index is -1.45. The van der Waals surface area contributed by atoms with Gasteiger partial charge < -0.3 is 10.8 Å². The van der Waals surface area contributed by atoms with Gasteiger partial charge in [-0.15, -0.1) is 0 Å². The van der Waals surface area contributed by atoms with E-state index < -0.39 is 17.3 Å². The second-order valence-corrected chi connectivity index (χ2v) is 5.34. The van der Waals surface area contributed by atoms with Gasteiger partial charge in [0.25, 0.3) is 0 Å². The first-order valence-electron chi connectivity index (χ1n) is 6.94. The standard InChI is InChI=1S/C17H15FN2O2/c18-13-8-11(9-20-10-13)14-6-7-17(22,15(14)16(19)21)12-4-2-1-3-5-12/h1-5,8-10,22H,6-7H2,(H2,19,21)/t17-/m0/s1. The summed E-state index contributed by atoms with van der Waals surface area (Å²) in [6, 6.07) is 10.2. The Morgan fingerprint density at radius 3 is 2.64 bits per heavy atom. The van der Waals surface area contributed by atoms with Crippen LogP contribution in [0.4, 0.5) is 4.39 Å². The molecule has 3 N–H and O–H groups in total. The highest BCUT2D eigenvalue weighted by Crippen LogP contribution is 2.46. The van der Waals surface area contributed by atoms with E-state index in [1.165, 1.54) is 12.3 Å². The number of aromatic nitrogens is 1. The average Bonchev–Trinajstić information content (AvgIpc) is 2.87. The summed E-state index contributed by atoms with van der Waals surface area (Å²) in [4.78, 5) is 15.7. The van der Waals surface area contributed by atoms with Gasteiger partial charge in [0.2, 0.25) is 5.91 Å². The molecule has 0 aliphatic heterocycles. The van der Waals surface area contributed by atoms with E-state index in [9.17, 15) is 14.3 Å². The number of allylic oxidation sites excluding steroid dienone is 1. The molecule has 5 heteroatoms. The van der Waals surface area contributed by atoms with Gasteiger partial charge in [0.15, 0.2) is 0 Å². The highest BCUT2D eigenvalue weighted by atomic mass is 19.1. The SMILES string of the molecule is NC(=O)C1=C(c2cncc(F)c2)CC[C@]1(O)c1ccccc1. The molecular formula is C17H15FN2O2. The Balaban J connectivity index is 2.18. The van der Waals surface area contributed by atoms with Gasteiger partial charge in [-0.05, 0) is 35.6 Å². The Labute approximate surface area is 127 Å². The number of nitrogens with two attached hydrogens (primary N) is 1. The molecule has 0 unspecified atom stereocenters. The van der Waals surface area contributed by atoms with Gasteiger partial charge >= 0.3 is 0 Å². The number of hydrogen-bond acceptors (Lipinski definition) is 3. The summed E-state index contributed by atoms with van der Waals surface area (Å²) in [6.45, 7) is 0. The molecule has 0 bridgehead atoms. The van der Waals surface area contributed by atoms with Gasteiger partial charge in [0.1, 0.15) is 11.4 Å². The number of halogens is 1. The average molecular weight is 298 g/mol. The molecule has 1 aromatic carbocycles. The first-order valence-corrected chi connectivity index (χ1v) is 6.94. The summed E-state index contributed by atoms with van der Waals surface area (Å²) in [5, 5.41) is 11.0. The number of amides is 1. The van der Waals surface area contributed by atoms with Gasteiger partial charge in [-0.3, -0.25) is 9.78 Å². The fourth-order valence-electron chi connectivity index (χ4n) is 3.03. The van der Waals surface area contributed by atoms with Gasteiger partial charge in [0, 0.05) is 6.20 Å². The van der Waals surface area contributed by atoms with Crippen molar-refractivity contribution in [1.82, 2.24) is 4.98 Å². The molecule has 3 rings (SSSR count). The minimum Gasteiger partial charge on any atom is -0.380 e. The number of pyridine rings is 1. The van der Waals surface area contributed by atoms with Gasteiger partial charge in [-0.1, -0.05) is 30.3 Å².